The number of carbonyl (C=O) groups is 1. The SMILES string of the molecule is O=C(NC1c2ccccc2CC1Cl)c1ccc(F)cc1. The van der Waals surface area contributed by atoms with Gasteiger partial charge in [-0.15, -0.1) is 11.6 Å². The van der Waals surface area contributed by atoms with Crippen molar-refractivity contribution in [2.75, 3.05) is 0 Å². The number of amides is 1. The van der Waals surface area contributed by atoms with Crippen LogP contribution >= 0.6 is 11.6 Å². The fourth-order valence-electron chi connectivity index (χ4n) is 2.54. The van der Waals surface area contributed by atoms with Gasteiger partial charge < -0.3 is 5.32 Å². The van der Waals surface area contributed by atoms with E-state index in [1.165, 1.54) is 24.3 Å². The monoisotopic (exact) mass is 289 g/mol. The molecule has 0 aliphatic heterocycles. The lowest BCUT2D eigenvalue weighted by atomic mass is 10.1. The van der Waals surface area contributed by atoms with Gasteiger partial charge in [0.1, 0.15) is 5.82 Å². The minimum Gasteiger partial charge on any atom is -0.344 e. The summed E-state index contributed by atoms with van der Waals surface area (Å²) in [6.07, 6.45) is 0.742. The van der Waals surface area contributed by atoms with E-state index in [-0.39, 0.29) is 23.1 Å². The van der Waals surface area contributed by atoms with Crippen LogP contribution in [0.1, 0.15) is 27.5 Å². The van der Waals surface area contributed by atoms with Crippen LogP contribution in [0.2, 0.25) is 0 Å². The summed E-state index contributed by atoms with van der Waals surface area (Å²) in [4.78, 5) is 12.2. The average molecular weight is 290 g/mol. The van der Waals surface area contributed by atoms with Crippen LogP contribution in [0.5, 0.6) is 0 Å². The standard InChI is InChI=1S/C16H13ClFNO/c17-14-9-11-3-1-2-4-13(11)15(14)19-16(20)10-5-7-12(18)8-6-10/h1-8,14-15H,9H2,(H,19,20). The first kappa shape index (κ1) is 13.1. The van der Waals surface area contributed by atoms with Crippen LogP contribution in [0.25, 0.3) is 0 Å². The van der Waals surface area contributed by atoms with E-state index in [0.717, 1.165) is 17.5 Å². The van der Waals surface area contributed by atoms with Gasteiger partial charge in [0, 0.05) is 5.56 Å². The molecule has 0 fully saturated rings. The van der Waals surface area contributed by atoms with E-state index < -0.39 is 0 Å². The highest BCUT2D eigenvalue weighted by molar-refractivity contribution is 6.21. The molecule has 0 spiro atoms. The maximum atomic E-state index is 12.9. The minimum absolute atomic E-state index is 0.156. The van der Waals surface area contributed by atoms with Gasteiger partial charge in [0.2, 0.25) is 0 Å². The molecule has 1 aliphatic rings. The molecule has 0 aromatic heterocycles. The summed E-state index contributed by atoms with van der Waals surface area (Å²) >= 11 is 6.33. The summed E-state index contributed by atoms with van der Waals surface area (Å²) in [6, 6.07) is 13.2. The second kappa shape index (κ2) is 5.25. The van der Waals surface area contributed by atoms with E-state index >= 15 is 0 Å². The van der Waals surface area contributed by atoms with E-state index in [0.29, 0.717) is 5.56 Å². The van der Waals surface area contributed by atoms with E-state index in [9.17, 15) is 9.18 Å². The number of hydrogen-bond acceptors (Lipinski definition) is 1. The lowest BCUT2D eigenvalue weighted by Crippen LogP contribution is -2.31. The van der Waals surface area contributed by atoms with Crippen molar-refractivity contribution in [3.05, 3.63) is 71.0 Å². The molecule has 20 heavy (non-hydrogen) atoms. The summed E-state index contributed by atoms with van der Waals surface area (Å²) in [6.45, 7) is 0. The smallest absolute Gasteiger partial charge is 0.251 e. The second-order valence-electron chi connectivity index (χ2n) is 4.88. The van der Waals surface area contributed by atoms with Gasteiger partial charge in [-0.05, 0) is 41.8 Å². The number of carbonyl (C=O) groups excluding carboxylic acids is 1. The normalized spacial score (nSPS) is 20.5. The zero-order valence-corrected chi connectivity index (χ0v) is 11.4. The molecule has 3 rings (SSSR count). The van der Waals surface area contributed by atoms with E-state index in [2.05, 4.69) is 5.32 Å². The second-order valence-corrected chi connectivity index (χ2v) is 5.44. The van der Waals surface area contributed by atoms with Gasteiger partial charge in [0.05, 0.1) is 11.4 Å². The zero-order chi connectivity index (χ0) is 14.1. The quantitative estimate of drug-likeness (QED) is 0.843. The molecule has 1 aliphatic carbocycles. The third-order valence-corrected chi connectivity index (χ3v) is 3.97. The molecule has 0 heterocycles. The summed E-state index contributed by atoms with van der Waals surface area (Å²) in [5.41, 5.74) is 2.65. The summed E-state index contributed by atoms with van der Waals surface area (Å²) in [5, 5.41) is 2.77. The van der Waals surface area contributed by atoms with Gasteiger partial charge in [-0.3, -0.25) is 4.79 Å². The first-order chi connectivity index (χ1) is 9.65. The molecule has 2 nitrogen and oxygen atoms in total. The Morgan fingerprint density at radius 3 is 2.60 bits per heavy atom. The van der Waals surface area contributed by atoms with E-state index in [4.69, 9.17) is 11.6 Å². The molecule has 1 N–H and O–H groups in total. The maximum absolute atomic E-state index is 12.9. The average Bonchev–Trinajstić information content (AvgIpc) is 2.76. The third kappa shape index (κ3) is 2.41. The molecular formula is C16H13ClFNO. The van der Waals surface area contributed by atoms with Crippen molar-refractivity contribution in [1.82, 2.24) is 5.32 Å². The van der Waals surface area contributed by atoms with Crippen molar-refractivity contribution in [1.29, 1.82) is 0 Å². The number of halogens is 2. The van der Waals surface area contributed by atoms with Crippen LogP contribution in [0.3, 0.4) is 0 Å². The lowest BCUT2D eigenvalue weighted by molar-refractivity contribution is 0.0937. The van der Waals surface area contributed by atoms with Crippen LogP contribution in [-0.2, 0) is 6.42 Å². The molecule has 0 saturated heterocycles. The van der Waals surface area contributed by atoms with Gasteiger partial charge >= 0.3 is 0 Å². The molecule has 0 bridgehead atoms. The highest BCUT2D eigenvalue weighted by atomic mass is 35.5. The Balaban J connectivity index is 1.81. The first-order valence-electron chi connectivity index (χ1n) is 6.43. The number of alkyl halides is 1. The first-order valence-corrected chi connectivity index (χ1v) is 6.87. The Morgan fingerprint density at radius 1 is 1.15 bits per heavy atom. The summed E-state index contributed by atoms with van der Waals surface area (Å²) in [7, 11) is 0. The Labute approximate surface area is 121 Å². The third-order valence-electron chi connectivity index (χ3n) is 3.56. The topological polar surface area (TPSA) is 29.1 Å². The fraction of sp³-hybridized carbons (Fsp3) is 0.188. The Bertz CT molecular complexity index is 641. The van der Waals surface area contributed by atoms with Crippen molar-refractivity contribution < 1.29 is 9.18 Å². The Morgan fingerprint density at radius 2 is 1.85 bits per heavy atom. The molecule has 2 aromatic rings. The molecule has 1 amide bonds. The van der Waals surface area contributed by atoms with Gasteiger partial charge in [-0.2, -0.15) is 0 Å². The summed E-state index contributed by atoms with van der Waals surface area (Å²) in [5.74, 6) is -0.597. The summed E-state index contributed by atoms with van der Waals surface area (Å²) < 4.78 is 12.9. The van der Waals surface area contributed by atoms with Crippen molar-refractivity contribution in [3.8, 4) is 0 Å². The molecule has 2 unspecified atom stereocenters. The molecule has 0 saturated carbocycles. The molecule has 4 heteroatoms. The number of rotatable bonds is 2. The minimum atomic E-state index is -0.358. The van der Waals surface area contributed by atoms with E-state index in [1.807, 2.05) is 24.3 Å². The van der Waals surface area contributed by atoms with Gasteiger partial charge in [-0.1, -0.05) is 24.3 Å². The lowest BCUT2D eigenvalue weighted by Gasteiger charge is -2.17. The number of nitrogens with one attached hydrogen (secondary N) is 1. The van der Waals surface area contributed by atoms with Crippen molar-refractivity contribution >= 4 is 17.5 Å². The van der Waals surface area contributed by atoms with Gasteiger partial charge in [-0.25, -0.2) is 4.39 Å². The molecule has 2 atom stereocenters. The zero-order valence-electron chi connectivity index (χ0n) is 10.6. The maximum Gasteiger partial charge on any atom is 0.251 e. The number of fused-ring (bicyclic) bond motifs is 1. The van der Waals surface area contributed by atoms with Crippen LogP contribution in [0.15, 0.2) is 48.5 Å². The largest absolute Gasteiger partial charge is 0.344 e. The number of benzene rings is 2. The van der Waals surface area contributed by atoms with Crippen LogP contribution in [0, 0.1) is 5.82 Å². The van der Waals surface area contributed by atoms with Gasteiger partial charge in [0.25, 0.3) is 5.91 Å². The molecule has 102 valence electrons. The van der Waals surface area contributed by atoms with Crippen LogP contribution in [0.4, 0.5) is 4.39 Å². The van der Waals surface area contributed by atoms with Crippen LogP contribution < -0.4 is 5.32 Å². The van der Waals surface area contributed by atoms with Crippen molar-refractivity contribution in [2.45, 2.75) is 17.8 Å². The molecule has 0 radical (unpaired) electrons. The predicted octanol–water partition coefficient (Wildman–Crippen LogP) is 3.46. The van der Waals surface area contributed by atoms with E-state index in [1.54, 1.807) is 0 Å². The molecule has 2 aromatic carbocycles. The van der Waals surface area contributed by atoms with Crippen molar-refractivity contribution in [3.63, 3.8) is 0 Å². The Kier molecular flexibility index (Phi) is 3.45. The predicted molar refractivity (Wildman–Crippen MR) is 76.4 cm³/mol. The fourth-order valence-corrected chi connectivity index (χ4v) is 2.91. The number of hydrogen-bond donors (Lipinski definition) is 1. The van der Waals surface area contributed by atoms with Gasteiger partial charge in [0.15, 0.2) is 0 Å². The van der Waals surface area contributed by atoms with Crippen molar-refractivity contribution in [2.24, 2.45) is 0 Å². The Hall–Kier alpha value is -1.87. The highest BCUT2D eigenvalue weighted by Crippen LogP contribution is 2.34. The van der Waals surface area contributed by atoms with Crippen LogP contribution in [-0.4, -0.2) is 11.3 Å². The molecular weight excluding hydrogens is 277 g/mol. The highest BCUT2D eigenvalue weighted by Gasteiger charge is 2.31.